The Morgan fingerprint density at radius 2 is 1.75 bits per heavy atom. The summed E-state index contributed by atoms with van der Waals surface area (Å²) >= 11 is 0. The molecule has 3 nitrogen and oxygen atoms in total. The average molecular weight is 315 g/mol. The van der Waals surface area contributed by atoms with Gasteiger partial charge in [-0.25, -0.2) is 8.42 Å². The second-order valence-corrected chi connectivity index (χ2v) is 9.24. The predicted molar refractivity (Wildman–Crippen MR) is 79.1 cm³/mol. The maximum atomic E-state index is 11.6. The van der Waals surface area contributed by atoms with Crippen molar-refractivity contribution in [3.05, 3.63) is 35.9 Å². The van der Waals surface area contributed by atoms with Crippen molar-refractivity contribution in [3.8, 4) is 0 Å². The predicted octanol–water partition coefficient (Wildman–Crippen LogP) is 3.47. The molecule has 0 aromatic heterocycles. The first-order valence-electron chi connectivity index (χ1n) is 7.01. The zero-order valence-electron chi connectivity index (χ0n) is 11.3. The summed E-state index contributed by atoms with van der Waals surface area (Å²) < 4.78 is 28.4. The van der Waals surface area contributed by atoms with Gasteiger partial charge in [0.15, 0.2) is 0 Å². The van der Waals surface area contributed by atoms with E-state index >= 15 is 0 Å². The highest BCUT2D eigenvalue weighted by Crippen LogP contribution is 2.60. The molecule has 0 heterocycles. The zero-order chi connectivity index (χ0) is 14.3. The molecular formula is C15H19ClO3S. The van der Waals surface area contributed by atoms with E-state index in [0.717, 1.165) is 18.4 Å². The Balaban J connectivity index is 1.53. The Kier molecular flexibility index (Phi) is 3.59. The van der Waals surface area contributed by atoms with E-state index in [-0.39, 0.29) is 5.41 Å². The van der Waals surface area contributed by atoms with Gasteiger partial charge in [-0.3, -0.25) is 0 Å². The van der Waals surface area contributed by atoms with Gasteiger partial charge in [0.05, 0.1) is 18.0 Å². The quantitative estimate of drug-likeness (QED) is 0.724. The molecule has 3 rings (SSSR count). The van der Waals surface area contributed by atoms with E-state index in [2.05, 4.69) is 0 Å². The monoisotopic (exact) mass is 314 g/mol. The van der Waals surface area contributed by atoms with Crippen molar-refractivity contribution < 1.29 is 13.2 Å². The smallest absolute Gasteiger partial charge is 0.238 e. The van der Waals surface area contributed by atoms with Gasteiger partial charge < -0.3 is 4.74 Å². The Bertz CT molecular complexity index is 574. The highest BCUT2D eigenvalue weighted by molar-refractivity contribution is 8.15. The Morgan fingerprint density at radius 3 is 2.25 bits per heavy atom. The lowest BCUT2D eigenvalue weighted by atomic mass is 10.00. The molecule has 0 N–H and O–H groups in total. The van der Waals surface area contributed by atoms with Gasteiger partial charge in [-0.1, -0.05) is 30.3 Å². The molecule has 0 saturated heterocycles. The molecule has 2 aliphatic carbocycles. The van der Waals surface area contributed by atoms with Gasteiger partial charge >= 0.3 is 0 Å². The third-order valence-corrected chi connectivity index (χ3v) is 7.07. The number of halogens is 1. The summed E-state index contributed by atoms with van der Waals surface area (Å²) in [6, 6.07) is 10.0. The van der Waals surface area contributed by atoms with Crippen LogP contribution in [0, 0.1) is 5.41 Å². The van der Waals surface area contributed by atoms with Crippen molar-refractivity contribution in [2.75, 3.05) is 6.61 Å². The fraction of sp³-hybridized carbons (Fsp3) is 0.600. The van der Waals surface area contributed by atoms with Gasteiger partial charge in [0, 0.05) is 10.7 Å². The number of hydrogen-bond donors (Lipinski definition) is 0. The van der Waals surface area contributed by atoms with E-state index in [1.807, 2.05) is 30.3 Å². The van der Waals surface area contributed by atoms with Crippen molar-refractivity contribution in [3.63, 3.8) is 0 Å². The van der Waals surface area contributed by atoms with Crippen LogP contribution < -0.4 is 0 Å². The summed E-state index contributed by atoms with van der Waals surface area (Å²) in [5.41, 5.74) is 1.20. The van der Waals surface area contributed by atoms with Crippen molar-refractivity contribution in [1.82, 2.24) is 0 Å². The topological polar surface area (TPSA) is 43.4 Å². The molecule has 0 aliphatic heterocycles. The Labute approximate surface area is 124 Å². The molecule has 1 aromatic carbocycles. The lowest BCUT2D eigenvalue weighted by Gasteiger charge is -2.20. The fourth-order valence-corrected chi connectivity index (χ4v) is 4.53. The van der Waals surface area contributed by atoms with Crippen LogP contribution in [-0.4, -0.2) is 19.8 Å². The van der Waals surface area contributed by atoms with E-state index in [1.54, 1.807) is 0 Å². The molecule has 2 saturated carbocycles. The van der Waals surface area contributed by atoms with E-state index in [4.69, 9.17) is 15.4 Å². The highest BCUT2D eigenvalue weighted by Gasteiger charge is 2.60. The van der Waals surface area contributed by atoms with E-state index in [1.165, 1.54) is 0 Å². The molecule has 5 heteroatoms. The minimum Gasteiger partial charge on any atom is -0.376 e. The maximum absolute atomic E-state index is 11.6. The summed E-state index contributed by atoms with van der Waals surface area (Å²) in [6.07, 6.45) is 4.19. The van der Waals surface area contributed by atoms with Crippen LogP contribution >= 0.6 is 10.7 Å². The van der Waals surface area contributed by atoms with Crippen LogP contribution in [-0.2, 0) is 20.4 Å². The molecule has 0 radical (unpaired) electrons. The Hall–Kier alpha value is -0.580. The summed E-state index contributed by atoms with van der Waals surface area (Å²) in [5.74, 6) is 0. The Morgan fingerprint density at radius 1 is 1.10 bits per heavy atom. The number of rotatable bonds is 7. The standard InChI is InChI=1S/C15H19ClO3S/c16-20(17,18)15(8-9-15)11-14(6-7-14)12-19-10-13-4-2-1-3-5-13/h1-5H,6-12H2. The van der Waals surface area contributed by atoms with Crippen molar-refractivity contribution in [2.45, 2.75) is 43.5 Å². The van der Waals surface area contributed by atoms with Crippen LogP contribution in [0.3, 0.4) is 0 Å². The van der Waals surface area contributed by atoms with Crippen molar-refractivity contribution >= 4 is 19.7 Å². The molecule has 2 aliphatic rings. The SMILES string of the molecule is O=S(=O)(Cl)C1(CC2(COCc3ccccc3)CC2)CC1. The normalized spacial score (nSPS) is 22.4. The van der Waals surface area contributed by atoms with Gasteiger partial charge in [-0.05, 0) is 43.1 Å². The minimum absolute atomic E-state index is 0.0488. The van der Waals surface area contributed by atoms with Crippen molar-refractivity contribution in [1.29, 1.82) is 0 Å². The van der Waals surface area contributed by atoms with E-state index in [9.17, 15) is 8.42 Å². The van der Waals surface area contributed by atoms with Crippen LogP contribution in [0.5, 0.6) is 0 Å². The molecule has 1 aromatic rings. The maximum Gasteiger partial charge on any atom is 0.238 e. The summed E-state index contributed by atoms with van der Waals surface area (Å²) in [4.78, 5) is 0. The molecule has 0 bridgehead atoms. The van der Waals surface area contributed by atoms with Gasteiger partial charge in [-0.2, -0.15) is 0 Å². The minimum atomic E-state index is -3.44. The fourth-order valence-electron chi connectivity index (χ4n) is 2.84. The van der Waals surface area contributed by atoms with Gasteiger partial charge in [-0.15, -0.1) is 0 Å². The number of ether oxygens (including phenoxy) is 1. The zero-order valence-corrected chi connectivity index (χ0v) is 12.9. The van der Waals surface area contributed by atoms with E-state index in [0.29, 0.717) is 32.5 Å². The van der Waals surface area contributed by atoms with Crippen LogP contribution in [0.2, 0.25) is 0 Å². The van der Waals surface area contributed by atoms with Crippen LogP contribution in [0.25, 0.3) is 0 Å². The molecule has 0 amide bonds. The van der Waals surface area contributed by atoms with E-state index < -0.39 is 13.8 Å². The first kappa shape index (κ1) is 14.4. The number of benzene rings is 1. The third-order valence-electron chi connectivity index (χ3n) is 4.50. The largest absolute Gasteiger partial charge is 0.376 e. The lowest BCUT2D eigenvalue weighted by Crippen LogP contribution is -2.25. The summed E-state index contributed by atoms with van der Waals surface area (Å²) in [7, 11) is 2.14. The molecule has 0 unspecified atom stereocenters. The second-order valence-electron chi connectivity index (χ2n) is 6.28. The van der Waals surface area contributed by atoms with Crippen molar-refractivity contribution in [2.24, 2.45) is 5.41 Å². The van der Waals surface area contributed by atoms with Crippen LogP contribution in [0.15, 0.2) is 30.3 Å². The summed E-state index contributed by atoms with van der Waals surface area (Å²) in [6.45, 7) is 1.22. The molecule has 0 atom stereocenters. The first-order chi connectivity index (χ1) is 9.45. The molecule has 0 spiro atoms. The summed E-state index contributed by atoms with van der Waals surface area (Å²) in [5, 5.41) is 0. The van der Waals surface area contributed by atoms with Crippen LogP contribution in [0.1, 0.15) is 37.7 Å². The lowest BCUT2D eigenvalue weighted by molar-refractivity contribution is 0.0737. The highest BCUT2D eigenvalue weighted by atomic mass is 35.7. The van der Waals surface area contributed by atoms with Gasteiger partial charge in [0.2, 0.25) is 9.05 Å². The third kappa shape index (κ3) is 3.02. The second kappa shape index (κ2) is 5.00. The van der Waals surface area contributed by atoms with Gasteiger partial charge in [0.1, 0.15) is 0 Å². The van der Waals surface area contributed by atoms with Crippen LogP contribution in [0.4, 0.5) is 0 Å². The molecule has 20 heavy (non-hydrogen) atoms. The first-order valence-corrected chi connectivity index (χ1v) is 9.32. The number of hydrogen-bond acceptors (Lipinski definition) is 3. The molecular weight excluding hydrogens is 296 g/mol. The molecule has 2 fully saturated rings. The average Bonchev–Trinajstić information content (AvgIpc) is 3.29. The molecule has 110 valence electrons. The van der Waals surface area contributed by atoms with Gasteiger partial charge in [0.25, 0.3) is 0 Å².